The minimum absolute atomic E-state index is 0.110. The van der Waals surface area contributed by atoms with Crippen LogP contribution in [0, 0.1) is 6.92 Å². The van der Waals surface area contributed by atoms with Gasteiger partial charge in [0.25, 0.3) is 5.91 Å². The maximum atomic E-state index is 11.9. The normalized spacial score (nSPS) is 11.2. The third-order valence-corrected chi connectivity index (χ3v) is 3.98. The van der Waals surface area contributed by atoms with Gasteiger partial charge in [0.05, 0.1) is 12.3 Å². The van der Waals surface area contributed by atoms with E-state index in [1.807, 2.05) is 44.2 Å². The molecule has 2 aromatic rings. The van der Waals surface area contributed by atoms with E-state index in [9.17, 15) is 4.79 Å². The van der Waals surface area contributed by atoms with E-state index < -0.39 is 0 Å². The Kier molecular flexibility index (Phi) is 6.02. The highest BCUT2D eigenvalue weighted by atomic mass is 35.5. The second-order valence-corrected chi connectivity index (χ2v) is 5.85. The van der Waals surface area contributed by atoms with Crippen molar-refractivity contribution < 1.29 is 4.79 Å². The first-order valence-electron chi connectivity index (χ1n) is 7.05. The van der Waals surface area contributed by atoms with Crippen LogP contribution in [0.25, 0.3) is 0 Å². The Morgan fingerprint density at radius 3 is 2.52 bits per heavy atom. The van der Waals surface area contributed by atoms with Gasteiger partial charge >= 0.3 is 0 Å². The number of carbonyl (C=O) groups excluding carboxylic acids is 1. The predicted molar refractivity (Wildman–Crippen MR) is 96.5 cm³/mol. The molecule has 120 valence electrons. The summed E-state index contributed by atoms with van der Waals surface area (Å²) in [5, 5.41) is 8.44. The number of rotatable bonds is 5. The van der Waals surface area contributed by atoms with Gasteiger partial charge in [-0.1, -0.05) is 41.4 Å². The molecule has 0 spiro atoms. The molecule has 0 saturated carbocycles. The van der Waals surface area contributed by atoms with Crippen molar-refractivity contribution in [3.63, 3.8) is 0 Å². The minimum Gasteiger partial charge on any atom is -0.376 e. The van der Waals surface area contributed by atoms with Crippen LogP contribution in [0.15, 0.2) is 47.6 Å². The number of carbonyl (C=O) groups is 1. The molecule has 0 aliphatic heterocycles. The number of amides is 1. The average molecular weight is 350 g/mol. The van der Waals surface area contributed by atoms with E-state index in [0.717, 1.165) is 16.8 Å². The van der Waals surface area contributed by atoms with E-state index in [4.69, 9.17) is 23.2 Å². The summed E-state index contributed by atoms with van der Waals surface area (Å²) in [6, 6.07) is 12.8. The van der Waals surface area contributed by atoms with Crippen molar-refractivity contribution in [2.45, 2.75) is 13.8 Å². The largest absolute Gasteiger partial charge is 0.376 e. The molecule has 0 aliphatic rings. The topological polar surface area (TPSA) is 53.5 Å². The SMILES string of the molecule is CC(=NNC(=O)CNc1cccc(Cl)c1C)c1ccc(Cl)cc1. The molecule has 23 heavy (non-hydrogen) atoms. The van der Waals surface area contributed by atoms with Crippen molar-refractivity contribution in [2.24, 2.45) is 5.10 Å². The highest BCUT2D eigenvalue weighted by molar-refractivity contribution is 6.31. The van der Waals surface area contributed by atoms with Gasteiger partial charge in [-0.15, -0.1) is 0 Å². The van der Waals surface area contributed by atoms with Gasteiger partial charge in [0.2, 0.25) is 0 Å². The first-order chi connectivity index (χ1) is 11.0. The zero-order valence-electron chi connectivity index (χ0n) is 12.9. The highest BCUT2D eigenvalue weighted by Crippen LogP contribution is 2.22. The molecule has 0 bridgehead atoms. The van der Waals surface area contributed by atoms with Crippen molar-refractivity contribution in [3.8, 4) is 0 Å². The van der Waals surface area contributed by atoms with E-state index in [1.165, 1.54) is 0 Å². The zero-order chi connectivity index (χ0) is 16.8. The molecule has 2 rings (SSSR count). The molecule has 0 saturated heterocycles. The molecule has 0 unspecified atom stereocenters. The number of nitrogens with zero attached hydrogens (tertiary/aromatic N) is 1. The van der Waals surface area contributed by atoms with Crippen LogP contribution in [0.2, 0.25) is 10.0 Å². The Labute approximate surface area is 145 Å². The molecular formula is C17H17Cl2N3O. The first kappa shape index (κ1) is 17.3. The lowest BCUT2D eigenvalue weighted by atomic mass is 10.1. The van der Waals surface area contributed by atoms with Crippen LogP contribution in [-0.2, 0) is 4.79 Å². The Morgan fingerprint density at radius 1 is 1.13 bits per heavy atom. The summed E-state index contributed by atoms with van der Waals surface area (Å²) in [5.41, 5.74) is 5.85. The van der Waals surface area contributed by atoms with Crippen molar-refractivity contribution >= 4 is 40.5 Å². The van der Waals surface area contributed by atoms with Crippen molar-refractivity contribution in [1.82, 2.24) is 5.43 Å². The molecule has 1 amide bonds. The second-order valence-electron chi connectivity index (χ2n) is 5.01. The maximum absolute atomic E-state index is 11.9. The molecule has 0 atom stereocenters. The van der Waals surface area contributed by atoms with Gasteiger partial charge in [-0.05, 0) is 49.2 Å². The lowest BCUT2D eigenvalue weighted by Crippen LogP contribution is -2.27. The van der Waals surface area contributed by atoms with E-state index in [1.54, 1.807) is 12.1 Å². The van der Waals surface area contributed by atoms with Crippen LogP contribution in [0.1, 0.15) is 18.1 Å². The number of halogens is 2. The summed E-state index contributed by atoms with van der Waals surface area (Å²) in [7, 11) is 0. The van der Waals surface area contributed by atoms with E-state index in [2.05, 4.69) is 15.8 Å². The summed E-state index contributed by atoms with van der Waals surface area (Å²) in [4.78, 5) is 11.9. The predicted octanol–water partition coefficient (Wildman–Crippen LogP) is 4.25. The summed E-state index contributed by atoms with van der Waals surface area (Å²) in [5.74, 6) is -0.238. The summed E-state index contributed by atoms with van der Waals surface area (Å²) >= 11 is 11.9. The first-order valence-corrected chi connectivity index (χ1v) is 7.81. The Morgan fingerprint density at radius 2 is 1.83 bits per heavy atom. The number of hydrogen-bond acceptors (Lipinski definition) is 3. The fraction of sp³-hybridized carbons (Fsp3) is 0.176. The summed E-state index contributed by atoms with van der Waals surface area (Å²) in [6.45, 7) is 3.82. The van der Waals surface area contributed by atoms with Gasteiger partial charge in [-0.2, -0.15) is 5.10 Å². The van der Waals surface area contributed by atoms with Gasteiger partial charge < -0.3 is 5.32 Å². The average Bonchev–Trinajstić information content (AvgIpc) is 2.54. The Bertz CT molecular complexity index is 727. The Balaban J connectivity index is 1.91. The van der Waals surface area contributed by atoms with E-state index in [0.29, 0.717) is 15.8 Å². The van der Waals surface area contributed by atoms with Crippen LogP contribution in [0.3, 0.4) is 0 Å². The molecular weight excluding hydrogens is 333 g/mol. The lowest BCUT2D eigenvalue weighted by Gasteiger charge is -2.10. The van der Waals surface area contributed by atoms with Crippen LogP contribution in [0.4, 0.5) is 5.69 Å². The molecule has 0 aromatic heterocycles. The maximum Gasteiger partial charge on any atom is 0.259 e. The number of hydrogen-bond donors (Lipinski definition) is 2. The van der Waals surface area contributed by atoms with Gasteiger partial charge in [0.1, 0.15) is 0 Å². The smallest absolute Gasteiger partial charge is 0.259 e. The molecule has 4 nitrogen and oxygen atoms in total. The number of anilines is 1. The quantitative estimate of drug-likeness (QED) is 0.626. The van der Waals surface area contributed by atoms with Crippen LogP contribution in [-0.4, -0.2) is 18.2 Å². The molecule has 2 aromatic carbocycles. The molecule has 0 aliphatic carbocycles. The monoisotopic (exact) mass is 349 g/mol. The summed E-state index contributed by atoms with van der Waals surface area (Å²) in [6.07, 6.45) is 0. The third-order valence-electron chi connectivity index (χ3n) is 3.32. The Hall–Kier alpha value is -2.04. The van der Waals surface area contributed by atoms with Crippen molar-refractivity contribution in [1.29, 1.82) is 0 Å². The van der Waals surface area contributed by atoms with Crippen molar-refractivity contribution in [3.05, 3.63) is 63.6 Å². The highest BCUT2D eigenvalue weighted by Gasteiger charge is 2.05. The van der Waals surface area contributed by atoms with Gasteiger partial charge in [0, 0.05) is 15.7 Å². The zero-order valence-corrected chi connectivity index (χ0v) is 14.4. The minimum atomic E-state index is -0.238. The molecule has 0 radical (unpaired) electrons. The molecule has 2 N–H and O–H groups in total. The van der Waals surface area contributed by atoms with Gasteiger partial charge in [-0.25, -0.2) is 5.43 Å². The van der Waals surface area contributed by atoms with Gasteiger partial charge in [0.15, 0.2) is 0 Å². The molecule has 6 heteroatoms. The van der Waals surface area contributed by atoms with Crippen LogP contribution >= 0.6 is 23.2 Å². The fourth-order valence-corrected chi connectivity index (χ4v) is 2.22. The number of nitrogens with one attached hydrogen (secondary N) is 2. The lowest BCUT2D eigenvalue weighted by molar-refractivity contribution is -0.119. The van der Waals surface area contributed by atoms with Gasteiger partial charge in [-0.3, -0.25) is 4.79 Å². The fourth-order valence-electron chi connectivity index (χ4n) is 1.92. The van der Waals surface area contributed by atoms with Crippen molar-refractivity contribution in [2.75, 3.05) is 11.9 Å². The molecule has 0 fully saturated rings. The van der Waals surface area contributed by atoms with Crippen LogP contribution in [0.5, 0.6) is 0 Å². The van der Waals surface area contributed by atoms with E-state index >= 15 is 0 Å². The van der Waals surface area contributed by atoms with E-state index in [-0.39, 0.29) is 12.5 Å². The second kappa shape index (κ2) is 7.99. The van der Waals surface area contributed by atoms with Crippen LogP contribution < -0.4 is 10.7 Å². The summed E-state index contributed by atoms with van der Waals surface area (Å²) < 4.78 is 0. The third kappa shape index (κ3) is 4.98. The standard InChI is InChI=1S/C17H17Cl2N3O/c1-11-15(19)4-3-5-16(11)20-10-17(23)22-21-12(2)13-6-8-14(18)9-7-13/h3-9,20H,10H2,1-2H3,(H,22,23). The molecule has 0 heterocycles. The number of hydrazone groups is 1. The number of benzene rings is 2.